The fourth-order valence-electron chi connectivity index (χ4n) is 2.99. The summed E-state index contributed by atoms with van der Waals surface area (Å²) >= 11 is 0. The molecule has 0 fully saturated rings. The first kappa shape index (κ1) is 15.3. The summed E-state index contributed by atoms with van der Waals surface area (Å²) in [5, 5.41) is 12.1. The van der Waals surface area contributed by atoms with Crippen molar-refractivity contribution in [2.24, 2.45) is 0 Å². The van der Waals surface area contributed by atoms with Gasteiger partial charge in [0.15, 0.2) is 11.6 Å². The van der Waals surface area contributed by atoms with Crippen molar-refractivity contribution >= 4 is 10.8 Å². The zero-order chi connectivity index (χ0) is 16.4. The molecule has 0 aliphatic heterocycles. The Morgan fingerprint density at radius 1 is 1.09 bits per heavy atom. The number of hydrogen-bond acceptors (Lipinski definition) is 2. The van der Waals surface area contributed by atoms with E-state index in [0.29, 0.717) is 5.39 Å². The molecular weight excluding hydrogens is 291 g/mol. The third kappa shape index (κ3) is 2.74. The second-order valence-corrected chi connectivity index (χ2v) is 5.58. The Morgan fingerprint density at radius 2 is 1.83 bits per heavy atom. The zero-order valence-corrected chi connectivity index (χ0v) is 13.3. The molecule has 0 heterocycles. The lowest BCUT2D eigenvalue weighted by molar-refractivity contribution is 0.387. The normalized spacial score (nSPS) is 10.9. The maximum Gasteiger partial charge on any atom is 0.165 e. The monoisotopic (exact) mass is 310 g/mol. The van der Waals surface area contributed by atoms with Gasteiger partial charge in [-0.15, -0.1) is 0 Å². The molecule has 3 aromatic carbocycles. The number of fused-ring (bicyclic) bond motifs is 1. The van der Waals surface area contributed by atoms with E-state index in [0.717, 1.165) is 34.9 Å². The molecule has 3 rings (SSSR count). The van der Waals surface area contributed by atoms with E-state index in [4.69, 9.17) is 4.74 Å². The number of hydrogen-bond donors (Lipinski definition) is 1. The average Bonchev–Trinajstić information content (AvgIpc) is 2.56. The van der Waals surface area contributed by atoms with Gasteiger partial charge < -0.3 is 9.84 Å². The van der Waals surface area contributed by atoms with Gasteiger partial charge in [0.2, 0.25) is 0 Å². The van der Waals surface area contributed by atoms with Gasteiger partial charge in [-0.3, -0.25) is 0 Å². The highest BCUT2D eigenvalue weighted by atomic mass is 19.1. The van der Waals surface area contributed by atoms with Crippen molar-refractivity contribution in [3.8, 4) is 22.6 Å². The van der Waals surface area contributed by atoms with Gasteiger partial charge in [0.1, 0.15) is 5.75 Å². The molecule has 0 unspecified atom stereocenters. The van der Waals surface area contributed by atoms with Crippen molar-refractivity contribution in [1.29, 1.82) is 0 Å². The quantitative estimate of drug-likeness (QED) is 0.707. The number of aryl methyl sites for hydroxylation is 1. The van der Waals surface area contributed by atoms with Crippen LogP contribution in [0.25, 0.3) is 21.9 Å². The summed E-state index contributed by atoms with van der Waals surface area (Å²) in [6.45, 7) is 2.10. The van der Waals surface area contributed by atoms with Gasteiger partial charge in [-0.2, -0.15) is 0 Å². The van der Waals surface area contributed by atoms with Crippen LogP contribution in [0.4, 0.5) is 4.39 Å². The molecule has 0 aliphatic rings. The molecular formula is C20H19FO2. The molecule has 0 bridgehead atoms. The zero-order valence-electron chi connectivity index (χ0n) is 13.3. The summed E-state index contributed by atoms with van der Waals surface area (Å²) in [6, 6.07) is 14.7. The van der Waals surface area contributed by atoms with E-state index >= 15 is 0 Å². The minimum Gasteiger partial charge on any atom is -0.507 e. The maximum atomic E-state index is 14.0. The number of phenols is 1. The largest absolute Gasteiger partial charge is 0.507 e. The molecule has 0 atom stereocenters. The van der Waals surface area contributed by atoms with Crippen molar-refractivity contribution < 1.29 is 14.2 Å². The van der Waals surface area contributed by atoms with Gasteiger partial charge in [0.05, 0.1) is 7.11 Å². The van der Waals surface area contributed by atoms with Crippen LogP contribution in [-0.4, -0.2) is 12.2 Å². The van der Waals surface area contributed by atoms with Crippen LogP contribution in [0.2, 0.25) is 0 Å². The molecule has 0 amide bonds. The molecule has 0 spiro atoms. The van der Waals surface area contributed by atoms with E-state index in [-0.39, 0.29) is 11.5 Å². The molecule has 1 N–H and O–H groups in total. The van der Waals surface area contributed by atoms with Gasteiger partial charge in [-0.1, -0.05) is 49.7 Å². The number of phenolic OH excluding ortho intramolecular Hbond substituents is 1. The lowest BCUT2D eigenvalue weighted by atomic mass is 9.92. The van der Waals surface area contributed by atoms with Crippen molar-refractivity contribution in [2.45, 2.75) is 19.8 Å². The summed E-state index contributed by atoms with van der Waals surface area (Å²) < 4.78 is 19.1. The van der Waals surface area contributed by atoms with Crippen molar-refractivity contribution in [2.75, 3.05) is 7.11 Å². The Hall–Kier alpha value is -2.55. The Labute approximate surface area is 135 Å². The molecule has 0 aliphatic carbocycles. The summed E-state index contributed by atoms with van der Waals surface area (Å²) in [4.78, 5) is 0. The molecule has 3 aromatic rings. The Bertz CT molecular complexity index is 841. The molecule has 0 saturated carbocycles. The first-order valence-corrected chi connectivity index (χ1v) is 7.73. The minimum absolute atomic E-state index is 0.124. The SMILES string of the molecule is CCCc1cc2cc(OC)c(F)cc2c(O)c1-c1ccccc1. The van der Waals surface area contributed by atoms with E-state index in [9.17, 15) is 9.50 Å². The van der Waals surface area contributed by atoms with E-state index in [1.54, 1.807) is 6.07 Å². The Balaban J connectivity index is 2.34. The Kier molecular flexibility index (Phi) is 4.20. The van der Waals surface area contributed by atoms with Crippen LogP contribution in [-0.2, 0) is 6.42 Å². The topological polar surface area (TPSA) is 29.5 Å². The third-order valence-corrected chi connectivity index (χ3v) is 4.05. The van der Waals surface area contributed by atoms with Crippen LogP contribution < -0.4 is 4.74 Å². The lowest BCUT2D eigenvalue weighted by Gasteiger charge is -2.15. The standard InChI is InChI=1S/C20H19FO2/c1-3-7-14-10-15-11-18(23-2)17(21)12-16(15)20(22)19(14)13-8-5-4-6-9-13/h4-6,8-12,22H,3,7H2,1-2H3. The van der Waals surface area contributed by atoms with Gasteiger partial charge in [0, 0.05) is 10.9 Å². The minimum atomic E-state index is -0.474. The van der Waals surface area contributed by atoms with E-state index in [1.807, 2.05) is 36.4 Å². The summed E-state index contributed by atoms with van der Waals surface area (Å²) in [7, 11) is 1.44. The molecule has 118 valence electrons. The van der Waals surface area contributed by atoms with Gasteiger partial charge in [0.25, 0.3) is 0 Å². The summed E-state index contributed by atoms with van der Waals surface area (Å²) in [5.74, 6) is -0.164. The van der Waals surface area contributed by atoms with Crippen LogP contribution in [0.3, 0.4) is 0 Å². The first-order valence-electron chi connectivity index (χ1n) is 7.73. The average molecular weight is 310 g/mol. The second kappa shape index (κ2) is 6.29. The number of rotatable bonds is 4. The molecule has 0 radical (unpaired) electrons. The highest BCUT2D eigenvalue weighted by Gasteiger charge is 2.16. The number of ether oxygens (including phenoxy) is 1. The van der Waals surface area contributed by atoms with E-state index < -0.39 is 5.82 Å². The number of methoxy groups -OCH3 is 1. The van der Waals surface area contributed by atoms with Crippen LogP contribution >= 0.6 is 0 Å². The molecule has 3 heteroatoms. The highest BCUT2D eigenvalue weighted by Crippen LogP contribution is 2.41. The van der Waals surface area contributed by atoms with Crippen molar-refractivity contribution in [3.63, 3.8) is 0 Å². The number of aromatic hydroxyl groups is 1. The maximum absolute atomic E-state index is 14.0. The van der Waals surface area contributed by atoms with Crippen LogP contribution in [0.1, 0.15) is 18.9 Å². The van der Waals surface area contributed by atoms with Crippen LogP contribution in [0.5, 0.6) is 11.5 Å². The van der Waals surface area contributed by atoms with Gasteiger partial charge >= 0.3 is 0 Å². The fourth-order valence-corrected chi connectivity index (χ4v) is 2.99. The number of halogens is 1. The molecule has 23 heavy (non-hydrogen) atoms. The highest BCUT2D eigenvalue weighted by molar-refractivity contribution is 5.97. The summed E-state index contributed by atoms with van der Waals surface area (Å²) in [6.07, 6.45) is 1.80. The fraction of sp³-hybridized carbons (Fsp3) is 0.200. The smallest absolute Gasteiger partial charge is 0.165 e. The van der Waals surface area contributed by atoms with Gasteiger partial charge in [-0.05, 0) is 35.1 Å². The summed E-state index contributed by atoms with van der Waals surface area (Å²) in [5.41, 5.74) is 2.77. The predicted octanol–water partition coefficient (Wildman–Crippen LogP) is 5.31. The lowest BCUT2D eigenvalue weighted by Crippen LogP contribution is -1.94. The Morgan fingerprint density at radius 3 is 2.48 bits per heavy atom. The van der Waals surface area contributed by atoms with Crippen LogP contribution in [0, 0.1) is 5.82 Å². The van der Waals surface area contributed by atoms with E-state index in [2.05, 4.69) is 6.92 Å². The molecule has 0 saturated heterocycles. The molecule has 0 aromatic heterocycles. The third-order valence-electron chi connectivity index (χ3n) is 4.05. The van der Waals surface area contributed by atoms with E-state index in [1.165, 1.54) is 13.2 Å². The second-order valence-electron chi connectivity index (χ2n) is 5.58. The first-order chi connectivity index (χ1) is 11.2. The molecule has 2 nitrogen and oxygen atoms in total. The van der Waals surface area contributed by atoms with Gasteiger partial charge in [-0.25, -0.2) is 4.39 Å². The number of benzene rings is 3. The predicted molar refractivity (Wildman–Crippen MR) is 91.6 cm³/mol. The van der Waals surface area contributed by atoms with Crippen molar-refractivity contribution in [3.05, 3.63) is 59.9 Å². The van der Waals surface area contributed by atoms with Crippen LogP contribution in [0.15, 0.2) is 48.5 Å². The van der Waals surface area contributed by atoms with Crippen molar-refractivity contribution in [1.82, 2.24) is 0 Å².